The Hall–Kier alpha value is -2.04. The van der Waals surface area contributed by atoms with E-state index in [0.29, 0.717) is 19.0 Å². The summed E-state index contributed by atoms with van der Waals surface area (Å²) in [6.45, 7) is 6.52. The lowest BCUT2D eigenvalue weighted by Gasteiger charge is -2.13. The number of carbonyl (C=O) groups is 2. The van der Waals surface area contributed by atoms with Gasteiger partial charge in [0.25, 0.3) is 0 Å². The van der Waals surface area contributed by atoms with Gasteiger partial charge in [-0.15, -0.1) is 0 Å². The third-order valence-corrected chi connectivity index (χ3v) is 3.14. The van der Waals surface area contributed by atoms with Crippen molar-refractivity contribution >= 4 is 11.8 Å². The molecule has 5 nitrogen and oxygen atoms in total. The van der Waals surface area contributed by atoms with Crippen molar-refractivity contribution in [3.8, 4) is 5.75 Å². The standard InChI is InChI=1S/C16H24N2O3/c1-11(2)13-5-6-15(21-4)14(9-13)10-16(20)18-8-7-17-12(3)19/h5-6,9,11H,7-8,10H2,1-4H3,(H,17,19)(H,18,20). The van der Waals surface area contributed by atoms with Crippen molar-refractivity contribution < 1.29 is 14.3 Å². The molecule has 0 atom stereocenters. The molecule has 0 aliphatic rings. The highest BCUT2D eigenvalue weighted by atomic mass is 16.5. The first-order chi connectivity index (χ1) is 9.93. The maximum absolute atomic E-state index is 11.9. The normalized spacial score (nSPS) is 10.3. The smallest absolute Gasteiger partial charge is 0.224 e. The fourth-order valence-corrected chi connectivity index (χ4v) is 1.97. The van der Waals surface area contributed by atoms with Gasteiger partial charge in [-0.25, -0.2) is 0 Å². The van der Waals surface area contributed by atoms with Crippen LogP contribution in [0.4, 0.5) is 0 Å². The minimum Gasteiger partial charge on any atom is -0.496 e. The van der Waals surface area contributed by atoms with Crippen LogP contribution in [0.5, 0.6) is 5.75 Å². The predicted octanol–water partition coefficient (Wildman–Crippen LogP) is 1.61. The maximum Gasteiger partial charge on any atom is 0.224 e. The highest BCUT2D eigenvalue weighted by Crippen LogP contribution is 2.24. The van der Waals surface area contributed by atoms with Crippen LogP contribution >= 0.6 is 0 Å². The van der Waals surface area contributed by atoms with Gasteiger partial charge in [0, 0.05) is 25.6 Å². The summed E-state index contributed by atoms with van der Waals surface area (Å²) in [5.74, 6) is 0.934. The van der Waals surface area contributed by atoms with Gasteiger partial charge < -0.3 is 15.4 Å². The Bertz CT molecular complexity index is 498. The number of benzene rings is 1. The second kappa shape index (κ2) is 8.29. The van der Waals surface area contributed by atoms with Gasteiger partial charge in [0.15, 0.2) is 0 Å². The SMILES string of the molecule is COc1ccc(C(C)C)cc1CC(=O)NCCNC(C)=O. The van der Waals surface area contributed by atoms with Gasteiger partial charge >= 0.3 is 0 Å². The molecule has 2 amide bonds. The molecule has 21 heavy (non-hydrogen) atoms. The molecule has 116 valence electrons. The Morgan fingerprint density at radius 1 is 1.19 bits per heavy atom. The molecule has 0 unspecified atom stereocenters. The molecule has 0 aromatic heterocycles. The molecule has 0 fully saturated rings. The summed E-state index contributed by atoms with van der Waals surface area (Å²) in [6, 6.07) is 5.92. The Kier molecular flexibility index (Phi) is 6.72. The topological polar surface area (TPSA) is 67.4 Å². The molecular weight excluding hydrogens is 268 g/mol. The molecule has 0 radical (unpaired) electrons. The van der Waals surface area contributed by atoms with Crippen molar-refractivity contribution in [3.05, 3.63) is 29.3 Å². The summed E-state index contributed by atoms with van der Waals surface area (Å²) in [5.41, 5.74) is 2.05. The average Bonchev–Trinajstić information content (AvgIpc) is 2.43. The van der Waals surface area contributed by atoms with Gasteiger partial charge in [0.05, 0.1) is 13.5 Å². The van der Waals surface area contributed by atoms with Crippen LogP contribution in [0, 0.1) is 0 Å². The first kappa shape index (κ1) is 17.0. The van der Waals surface area contributed by atoms with Crippen LogP contribution in [0.2, 0.25) is 0 Å². The van der Waals surface area contributed by atoms with Gasteiger partial charge in [0.1, 0.15) is 5.75 Å². The Labute approximate surface area is 126 Å². The molecular formula is C16H24N2O3. The van der Waals surface area contributed by atoms with E-state index < -0.39 is 0 Å². The van der Waals surface area contributed by atoms with Crippen LogP contribution in [-0.4, -0.2) is 32.0 Å². The summed E-state index contributed by atoms with van der Waals surface area (Å²) in [7, 11) is 1.60. The molecule has 0 bridgehead atoms. The molecule has 1 rings (SSSR count). The van der Waals surface area contributed by atoms with Gasteiger partial charge in [-0.2, -0.15) is 0 Å². The van der Waals surface area contributed by atoms with Crippen LogP contribution in [0.25, 0.3) is 0 Å². The minimum absolute atomic E-state index is 0.0837. The molecule has 0 aliphatic heterocycles. The number of rotatable bonds is 7. The largest absolute Gasteiger partial charge is 0.496 e. The third kappa shape index (κ3) is 5.85. The lowest BCUT2D eigenvalue weighted by molar-refractivity contribution is -0.121. The number of amides is 2. The fourth-order valence-electron chi connectivity index (χ4n) is 1.97. The highest BCUT2D eigenvalue weighted by molar-refractivity contribution is 5.79. The summed E-state index contributed by atoms with van der Waals surface area (Å²) >= 11 is 0. The van der Waals surface area contributed by atoms with Gasteiger partial charge in [0.2, 0.25) is 11.8 Å². The monoisotopic (exact) mass is 292 g/mol. The molecule has 0 spiro atoms. The Balaban J connectivity index is 2.61. The van der Waals surface area contributed by atoms with E-state index in [2.05, 4.69) is 24.5 Å². The summed E-state index contributed by atoms with van der Waals surface area (Å²) in [6.07, 6.45) is 0.268. The molecule has 5 heteroatoms. The minimum atomic E-state index is -0.101. The van der Waals surface area contributed by atoms with Crippen molar-refractivity contribution in [2.24, 2.45) is 0 Å². The first-order valence-corrected chi connectivity index (χ1v) is 7.12. The fraction of sp³-hybridized carbons (Fsp3) is 0.500. The second-order valence-electron chi connectivity index (χ2n) is 5.24. The van der Waals surface area contributed by atoms with Crippen molar-refractivity contribution in [2.75, 3.05) is 20.2 Å². The van der Waals surface area contributed by atoms with Crippen molar-refractivity contribution in [2.45, 2.75) is 33.1 Å². The zero-order chi connectivity index (χ0) is 15.8. The molecule has 0 saturated carbocycles. The molecule has 1 aromatic carbocycles. The Morgan fingerprint density at radius 2 is 1.86 bits per heavy atom. The zero-order valence-corrected chi connectivity index (χ0v) is 13.2. The number of ether oxygens (including phenoxy) is 1. The average molecular weight is 292 g/mol. The highest BCUT2D eigenvalue weighted by Gasteiger charge is 2.11. The van der Waals surface area contributed by atoms with E-state index in [1.165, 1.54) is 12.5 Å². The van der Waals surface area contributed by atoms with Gasteiger partial charge in [-0.1, -0.05) is 26.0 Å². The molecule has 0 aliphatic carbocycles. The quantitative estimate of drug-likeness (QED) is 0.750. The van der Waals surface area contributed by atoms with Crippen molar-refractivity contribution in [3.63, 3.8) is 0 Å². The number of nitrogens with one attached hydrogen (secondary N) is 2. The zero-order valence-electron chi connectivity index (χ0n) is 13.2. The number of hydrogen-bond donors (Lipinski definition) is 2. The Morgan fingerprint density at radius 3 is 2.43 bits per heavy atom. The third-order valence-electron chi connectivity index (χ3n) is 3.14. The molecule has 0 saturated heterocycles. The first-order valence-electron chi connectivity index (χ1n) is 7.12. The predicted molar refractivity (Wildman–Crippen MR) is 82.5 cm³/mol. The van der Waals surface area contributed by atoms with Crippen LogP contribution in [-0.2, 0) is 16.0 Å². The van der Waals surface area contributed by atoms with E-state index in [1.54, 1.807) is 7.11 Å². The second-order valence-corrected chi connectivity index (χ2v) is 5.24. The summed E-state index contributed by atoms with van der Waals surface area (Å²) in [4.78, 5) is 22.7. The van der Waals surface area contributed by atoms with Gasteiger partial charge in [-0.05, 0) is 17.5 Å². The summed E-state index contributed by atoms with van der Waals surface area (Å²) in [5, 5.41) is 5.41. The van der Waals surface area contributed by atoms with E-state index in [0.717, 1.165) is 11.3 Å². The number of hydrogen-bond acceptors (Lipinski definition) is 3. The number of methoxy groups -OCH3 is 1. The van der Waals surface area contributed by atoms with E-state index in [4.69, 9.17) is 4.74 Å². The van der Waals surface area contributed by atoms with E-state index in [9.17, 15) is 9.59 Å². The maximum atomic E-state index is 11.9. The van der Waals surface area contributed by atoms with Crippen LogP contribution in [0.1, 0.15) is 37.8 Å². The van der Waals surface area contributed by atoms with E-state index in [1.807, 2.05) is 18.2 Å². The molecule has 1 aromatic rings. The summed E-state index contributed by atoms with van der Waals surface area (Å²) < 4.78 is 5.30. The van der Waals surface area contributed by atoms with Crippen LogP contribution in [0.3, 0.4) is 0 Å². The van der Waals surface area contributed by atoms with E-state index in [-0.39, 0.29) is 18.2 Å². The lowest BCUT2D eigenvalue weighted by atomic mass is 9.99. The molecule has 2 N–H and O–H groups in total. The van der Waals surface area contributed by atoms with Gasteiger partial charge in [-0.3, -0.25) is 9.59 Å². The van der Waals surface area contributed by atoms with Crippen LogP contribution < -0.4 is 15.4 Å². The van der Waals surface area contributed by atoms with E-state index >= 15 is 0 Å². The van der Waals surface area contributed by atoms with Crippen LogP contribution in [0.15, 0.2) is 18.2 Å². The van der Waals surface area contributed by atoms with Crippen molar-refractivity contribution in [1.82, 2.24) is 10.6 Å². The molecule has 0 heterocycles. The number of carbonyl (C=O) groups excluding carboxylic acids is 2. The van der Waals surface area contributed by atoms with Crippen molar-refractivity contribution in [1.29, 1.82) is 0 Å². The lowest BCUT2D eigenvalue weighted by Crippen LogP contribution is -2.34.